The molecular weight excluding hydrogens is 326 g/mol. The lowest BCUT2D eigenvalue weighted by molar-refractivity contribution is -0.132. The first-order chi connectivity index (χ1) is 11.6. The molecule has 1 aliphatic heterocycles. The normalized spacial score (nSPS) is 15.5. The van der Waals surface area contributed by atoms with E-state index in [1.807, 2.05) is 35.2 Å². The van der Waals surface area contributed by atoms with Crippen LogP contribution in [0, 0.1) is 0 Å². The number of halogens is 1. The molecule has 1 aromatic carbocycles. The lowest BCUT2D eigenvalue weighted by Gasteiger charge is -2.34. The van der Waals surface area contributed by atoms with Crippen LogP contribution in [0.5, 0.6) is 0 Å². The van der Waals surface area contributed by atoms with Crippen molar-refractivity contribution in [3.8, 4) is 0 Å². The monoisotopic (exact) mass is 345 g/mol. The molecule has 0 radical (unpaired) electrons. The van der Waals surface area contributed by atoms with Crippen molar-refractivity contribution in [1.82, 2.24) is 14.8 Å². The van der Waals surface area contributed by atoms with Gasteiger partial charge in [0.1, 0.15) is 0 Å². The van der Waals surface area contributed by atoms with Crippen LogP contribution in [0.15, 0.2) is 47.4 Å². The van der Waals surface area contributed by atoms with Crippen LogP contribution in [-0.4, -0.2) is 46.9 Å². The second-order valence-corrected chi connectivity index (χ2v) is 6.39. The number of benzene rings is 1. The van der Waals surface area contributed by atoms with Gasteiger partial charge in [-0.3, -0.25) is 14.5 Å². The molecule has 1 N–H and O–H groups in total. The van der Waals surface area contributed by atoms with Gasteiger partial charge in [0.25, 0.3) is 0 Å². The minimum absolute atomic E-state index is 0.0891. The Hall–Kier alpha value is -2.11. The maximum absolute atomic E-state index is 12.4. The predicted octanol–water partition coefficient (Wildman–Crippen LogP) is 1.92. The van der Waals surface area contributed by atoms with Crippen molar-refractivity contribution in [2.75, 3.05) is 26.2 Å². The molecule has 0 unspecified atom stereocenters. The fraction of sp³-hybridized carbons (Fsp3) is 0.333. The summed E-state index contributed by atoms with van der Waals surface area (Å²) in [6.07, 6.45) is 2.09. The van der Waals surface area contributed by atoms with Crippen molar-refractivity contribution >= 4 is 17.5 Å². The summed E-state index contributed by atoms with van der Waals surface area (Å²) < 4.78 is 0. The average molecular weight is 346 g/mol. The number of carbonyl (C=O) groups is 1. The van der Waals surface area contributed by atoms with Crippen molar-refractivity contribution in [2.24, 2.45) is 0 Å². The van der Waals surface area contributed by atoms with Gasteiger partial charge in [-0.05, 0) is 17.2 Å². The number of pyridine rings is 1. The van der Waals surface area contributed by atoms with Crippen molar-refractivity contribution in [3.63, 3.8) is 0 Å². The number of rotatable bonds is 4. The Labute approximate surface area is 145 Å². The van der Waals surface area contributed by atoms with E-state index in [4.69, 9.17) is 11.6 Å². The van der Waals surface area contributed by atoms with Gasteiger partial charge in [-0.1, -0.05) is 35.9 Å². The quantitative estimate of drug-likeness (QED) is 0.921. The Morgan fingerprint density at radius 3 is 2.50 bits per heavy atom. The fourth-order valence-corrected chi connectivity index (χ4v) is 3.07. The van der Waals surface area contributed by atoms with Gasteiger partial charge in [-0.25, -0.2) is 0 Å². The standard InChI is InChI=1S/C18H20ClN3O2/c19-16-4-2-1-3-15(16)11-18(24)22-9-7-21(8-10-22)13-14-5-6-17(23)20-12-14/h1-6,12H,7-11,13H2,(H,20,23). The van der Waals surface area contributed by atoms with E-state index in [1.54, 1.807) is 12.3 Å². The number of amides is 1. The highest BCUT2D eigenvalue weighted by Gasteiger charge is 2.21. The van der Waals surface area contributed by atoms with Crippen LogP contribution < -0.4 is 5.56 Å². The third kappa shape index (κ3) is 4.24. The Morgan fingerprint density at radius 1 is 1.08 bits per heavy atom. The number of piperazine rings is 1. The highest BCUT2D eigenvalue weighted by atomic mass is 35.5. The van der Waals surface area contributed by atoms with Crippen LogP contribution in [0.4, 0.5) is 0 Å². The predicted molar refractivity (Wildman–Crippen MR) is 94.1 cm³/mol. The summed E-state index contributed by atoms with van der Waals surface area (Å²) in [6, 6.07) is 10.9. The third-order valence-corrected chi connectivity index (χ3v) is 4.65. The number of hydrogen-bond donors (Lipinski definition) is 1. The van der Waals surface area contributed by atoms with E-state index in [2.05, 4.69) is 9.88 Å². The summed E-state index contributed by atoms with van der Waals surface area (Å²) in [6.45, 7) is 3.86. The van der Waals surface area contributed by atoms with Crippen LogP contribution in [-0.2, 0) is 17.8 Å². The molecule has 5 nitrogen and oxygen atoms in total. The van der Waals surface area contributed by atoms with E-state index in [0.29, 0.717) is 24.5 Å². The first kappa shape index (κ1) is 16.7. The largest absolute Gasteiger partial charge is 0.340 e. The molecule has 24 heavy (non-hydrogen) atoms. The lowest BCUT2D eigenvalue weighted by atomic mass is 10.1. The summed E-state index contributed by atoms with van der Waals surface area (Å²) in [5.74, 6) is 0.117. The summed E-state index contributed by atoms with van der Waals surface area (Å²) >= 11 is 6.13. The average Bonchev–Trinajstić information content (AvgIpc) is 2.59. The molecule has 0 bridgehead atoms. The van der Waals surface area contributed by atoms with Gasteiger partial charge >= 0.3 is 0 Å². The van der Waals surface area contributed by atoms with Gasteiger partial charge in [0.2, 0.25) is 11.5 Å². The minimum atomic E-state index is -0.0891. The van der Waals surface area contributed by atoms with Gasteiger partial charge in [0.15, 0.2) is 0 Å². The maximum atomic E-state index is 12.4. The Kier molecular flexibility index (Phi) is 5.33. The van der Waals surface area contributed by atoms with Gasteiger partial charge in [0.05, 0.1) is 6.42 Å². The zero-order valence-electron chi connectivity index (χ0n) is 13.4. The SMILES string of the molecule is O=C(Cc1ccccc1Cl)N1CCN(Cc2ccc(=O)[nH]c2)CC1. The molecule has 1 saturated heterocycles. The molecule has 6 heteroatoms. The molecule has 1 amide bonds. The van der Waals surface area contributed by atoms with E-state index < -0.39 is 0 Å². The van der Waals surface area contributed by atoms with Crippen molar-refractivity contribution < 1.29 is 4.79 Å². The van der Waals surface area contributed by atoms with Crippen molar-refractivity contribution in [2.45, 2.75) is 13.0 Å². The van der Waals surface area contributed by atoms with Gasteiger partial charge < -0.3 is 9.88 Å². The smallest absolute Gasteiger partial charge is 0.247 e. The molecule has 0 saturated carbocycles. The molecule has 0 spiro atoms. The number of nitrogens with one attached hydrogen (secondary N) is 1. The van der Waals surface area contributed by atoms with Crippen LogP contribution in [0.2, 0.25) is 5.02 Å². The van der Waals surface area contributed by atoms with Gasteiger partial charge in [-0.15, -0.1) is 0 Å². The number of carbonyl (C=O) groups excluding carboxylic acids is 1. The summed E-state index contributed by atoms with van der Waals surface area (Å²) in [5.41, 5.74) is 1.86. The third-order valence-electron chi connectivity index (χ3n) is 4.28. The highest BCUT2D eigenvalue weighted by molar-refractivity contribution is 6.31. The second kappa shape index (κ2) is 7.64. The molecule has 2 heterocycles. The van der Waals surface area contributed by atoms with Crippen LogP contribution >= 0.6 is 11.6 Å². The Balaban J connectivity index is 1.51. The summed E-state index contributed by atoms with van der Waals surface area (Å²) in [4.78, 5) is 30.4. The molecule has 2 aromatic rings. The Morgan fingerprint density at radius 2 is 1.83 bits per heavy atom. The number of aromatic amines is 1. The molecule has 3 rings (SSSR count). The Bertz CT molecular complexity index is 746. The lowest BCUT2D eigenvalue weighted by Crippen LogP contribution is -2.48. The number of aromatic nitrogens is 1. The number of hydrogen-bond acceptors (Lipinski definition) is 3. The number of nitrogens with zero attached hydrogens (tertiary/aromatic N) is 2. The van der Waals surface area contributed by atoms with E-state index in [9.17, 15) is 9.59 Å². The minimum Gasteiger partial charge on any atom is -0.340 e. The molecule has 1 aliphatic rings. The van der Waals surface area contributed by atoms with Crippen LogP contribution in [0.25, 0.3) is 0 Å². The molecular formula is C18H20ClN3O2. The highest BCUT2D eigenvalue weighted by Crippen LogP contribution is 2.17. The van der Waals surface area contributed by atoms with Crippen molar-refractivity contribution in [3.05, 3.63) is 69.1 Å². The van der Waals surface area contributed by atoms with Gasteiger partial charge in [-0.2, -0.15) is 0 Å². The van der Waals surface area contributed by atoms with Crippen LogP contribution in [0.1, 0.15) is 11.1 Å². The van der Waals surface area contributed by atoms with Gasteiger partial charge in [0, 0.05) is 50.0 Å². The maximum Gasteiger partial charge on any atom is 0.247 e. The second-order valence-electron chi connectivity index (χ2n) is 5.99. The number of H-pyrrole nitrogens is 1. The van der Waals surface area contributed by atoms with Crippen LogP contribution in [0.3, 0.4) is 0 Å². The summed E-state index contributed by atoms with van der Waals surface area (Å²) in [7, 11) is 0. The molecule has 0 aliphatic carbocycles. The van der Waals surface area contributed by atoms with E-state index in [-0.39, 0.29) is 11.5 Å². The molecule has 1 aromatic heterocycles. The first-order valence-corrected chi connectivity index (χ1v) is 8.41. The van der Waals surface area contributed by atoms with E-state index in [1.165, 1.54) is 0 Å². The summed E-state index contributed by atoms with van der Waals surface area (Å²) in [5, 5.41) is 0.641. The van der Waals surface area contributed by atoms with E-state index >= 15 is 0 Å². The zero-order valence-corrected chi connectivity index (χ0v) is 14.1. The zero-order chi connectivity index (χ0) is 16.9. The first-order valence-electron chi connectivity index (χ1n) is 8.03. The molecule has 0 atom stereocenters. The molecule has 126 valence electrons. The topological polar surface area (TPSA) is 56.4 Å². The van der Waals surface area contributed by atoms with E-state index in [0.717, 1.165) is 30.8 Å². The fourth-order valence-electron chi connectivity index (χ4n) is 2.87. The van der Waals surface area contributed by atoms with Crippen molar-refractivity contribution in [1.29, 1.82) is 0 Å². The molecule has 1 fully saturated rings.